The van der Waals surface area contributed by atoms with Crippen molar-refractivity contribution in [2.24, 2.45) is 0 Å². The van der Waals surface area contributed by atoms with Gasteiger partial charge in [-0.2, -0.15) is 0 Å². The van der Waals surface area contributed by atoms with E-state index in [4.69, 9.17) is 27.9 Å². The molecule has 3 amide bonds. The SMILES string of the molecule is Cc1cccc(Cl)c1N1Cc2cnc(Cl)cc2N(C2CCN(C(=O)OC(C)(C)C)CC2)C1=O. The number of nitrogens with zero attached hydrogens (tertiary/aromatic N) is 4. The summed E-state index contributed by atoms with van der Waals surface area (Å²) in [5.74, 6) is 0. The van der Waals surface area contributed by atoms with E-state index in [0.717, 1.165) is 16.8 Å². The number of likely N-dealkylation sites (tertiary alicyclic amines) is 1. The van der Waals surface area contributed by atoms with E-state index in [1.807, 2.05) is 39.8 Å². The largest absolute Gasteiger partial charge is 0.444 e. The number of halogens is 2. The van der Waals surface area contributed by atoms with Crippen molar-refractivity contribution in [2.75, 3.05) is 22.9 Å². The Morgan fingerprint density at radius 3 is 2.52 bits per heavy atom. The maximum Gasteiger partial charge on any atom is 0.410 e. The number of anilines is 2. The molecule has 1 aromatic carbocycles. The number of benzene rings is 1. The number of aryl methyl sites for hydroxylation is 1. The zero-order valence-electron chi connectivity index (χ0n) is 19.3. The smallest absolute Gasteiger partial charge is 0.410 e. The molecule has 0 unspecified atom stereocenters. The van der Waals surface area contributed by atoms with Gasteiger partial charge in [0.2, 0.25) is 0 Å². The van der Waals surface area contributed by atoms with E-state index in [0.29, 0.717) is 48.3 Å². The number of para-hydroxylation sites is 1. The predicted molar refractivity (Wildman–Crippen MR) is 130 cm³/mol. The third kappa shape index (κ3) is 4.89. The number of aromatic nitrogens is 1. The number of ether oxygens (including phenoxy) is 1. The topological polar surface area (TPSA) is 66.0 Å². The van der Waals surface area contributed by atoms with Gasteiger partial charge in [-0.1, -0.05) is 35.3 Å². The number of piperidine rings is 1. The summed E-state index contributed by atoms with van der Waals surface area (Å²) in [7, 11) is 0. The number of amides is 3. The van der Waals surface area contributed by atoms with Crippen LogP contribution in [0, 0.1) is 6.92 Å². The van der Waals surface area contributed by atoms with Crippen LogP contribution in [0.2, 0.25) is 10.2 Å². The van der Waals surface area contributed by atoms with Gasteiger partial charge in [0.15, 0.2) is 0 Å². The number of urea groups is 1. The number of carbonyl (C=O) groups is 2. The molecule has 2 aliphatic heterocycles. The minimum Gasteiger partial charge on any atom is -0.444 e. The molecule has 0 aliphatic carbocycles. The van der Waals surface area contributed by atoms with Crippen LogP contribution in [0.3, 0.4) is 0 Å². The molecular weight excluding hydrogens is 463 g/mol. The maximum atomic E-state index is 13.8. The van der Waals surface area contributed by atoms with Crippen LogP contribution < -0.4 is 9.80 Å². The Kier molecular flexibility index (Phi) is 6.47. The lowest BCUT2D eigenvalue weighted by atomic mass is 10.00. The Bertz CT molecular complexity index is 1060. The first-order chi connectivity index (χ1) is 15.5. The van der Waals surface area contributed by atoms with Crippen LogP contribution in [0.1, 0.15) is 44.7 Å². The summed E-state index contributed by atoms with van der Waals surface area (Å²) in [5.41, 5.74) is 2.72. The molecule has 0 N–H and O–H groups in total. The third-order valence-corrected chi connectivity index (χ3v) is 6.40. The molecule has 0 radical (unpaired) electrons. The van der Waals surface area contributed by atoms with Crippen LogP contribution >= 0.6 is 23.2 Å². The monoisotopic (exact) mass is 490 g/mol. The van der Waals surface area contributed by atoms with Crippen LogP contribution in [0.4, 0.5) is 21.0 Å². The minimum atomic E-state index is -0.549. The molecule has 1 fully saturated rings. The van der Waals surface area contributed by atoms with Gasteiger partial charge in [-0.05, 0) is 58.2 Å². The second-order valence-electron chi connectivity index (χ2n) is 9.48. The number of pyridine rings is 1. The van der Waals surface area contributed by atoms with E-state index in [-0.39, 0.29) is 18.2 Å². The molecule has 0 saturated carbocycles. The second-order valence-corrected chi connectivity index (χ2v) is 10.3. The van der Waals surface area contributed by atoms with Crippen molar-refractivity contribution in [3.8, 4) is 0 Å². The van der Waals surface area contributed by atoms with Crippen LogP contribution in [-0.4, -0.2) is 46.7 Å². The predicted octanol–water partition coefficient (Wildman–Crippen LogP) is 6.04. The molecule has 9 heteroatoms. The van der Waals surface area contributed by atoms with Crippen LogP contribution in [0.15, 0.2) is 30.5 Å². The molecule has 0 atom stereocenters. The molecule has 3 heterocycles. The molecular formula is C24H28Cl2N4O3. The van der Waals surface area contributed by atoms with Crippen molar-refractivity contribution >= 4 is 46.7 Å². The van der Waals surface area contributed by atoms with Gasteiger partial charge in [0.1, 0.15) is 10.8 Å². The van der Waals surface area contributed by atoms with Crippen molar-refractivity contribution < 1.29 is 14.3 Å². The highest BCUT2D eigenvalue weighted by atomic mass is 35.5. The Morgan fingerprint density at radius 1 is 1.18 bits per heavy atom. The van der Waals surface area contributed by atoms with Gasteiger partial charge in [-0.3, -0.25) is 9.80 Å². The average Bonchev–Trinajstić information content (AvgIpc) is 2.73. The molecule has 2 aromatic rings. The number of rotatable bonds is 2. The summed E-state index contributed by atoms with van der Waals surface area (Å²) in [6, 6.07) is 7.08. The van der Waals surface area contributed by atoms with Crippen molar-refractivity contribution in [1.82, 2.24) is 9.88 Å². The Hall–Kier alpha value is -2.51. The van der Waals surface area contributed by atoms with E-state index in [1.54, 1.807) is 33.0 Å². The molecule has 33 heavy (non-hydrogen) atoms. The normalized spacial score (nSPS) is 17.3. The first-order valence-electron chi connectivity index (χ1n) is 11.0. The quantitative estimate of drug-likeness (QED) is 0.481. The highest BCUT2D eigenvalue weighted by Crippen LogP contribution is 2.39. The highest BCUT2D eigenvalue weighted by Gasteiger charge is 2.39. The minimum absolute atomic E-state index is 0.0982. The van der Waals surface area contributed by atoms with E-state index >= 15 is 0 Å². The van der Waals surface area contributed by atoms with E-state index in [2.05, 4.69) is 4.98 Å². The number of hydrogen-bond acceptors (Lipinski definition) is 4. The summed E-state index contributed by atoms with van der Waals surface area (Å²) in [5, 5.41) is 0.855. The van der Waals surface area contributed by atoms with Gasteiger partial charge < -0.3 is 9.64 Å². The zero-order valence-corrected chi connectivity index (χ0v) is 20.8. The number of fused-ring (bicyclic) bond motifs is 1. The summed E-state index contributed by atoms with van der Waals surface area (Å²) < 4.78 is 5.51. The van der Waals surface area contributed by atoms with Gasteiger partial charge >= 0.3 is 12.1 Å². The summed E-state index contributed by atoms with van der Waals surface area (Å²) >= 11 is 12.7. The van der Waals surface area contributed by atoms with E-state index < -0.39 is 5.60 Å². The van der Waals surface area contributed by atoms with Crippen molar-refractivity contribution in [2.45, 2.75) is 58.7 Å². The molecule has 1 saturated heterocycles. The van der Waals surface area contributed by atoms with Crippen molar-refractivity contribution in [1.29, 1.82) is 0 Å². The van der Waals surface area contributed by atoms with Crippen LogP contribution in [-0.2, 0) is 11.3 Å². The van der Waals surface area contributed by atoms with Crippen molar-refractivity contribution in [3.63, 3.8) is 0 Å². The van der Waals surface area contributed by atoms with Gasteiger partial charge in [-0.15, -0.1) is 0 Å². The van der Waals surface area contributed by atoms with Crippen molar-refractivity contribution in [3.05, 3.63) is 51.8 Å². The van der Waals surface area contributed by atoms with Gasteiger partial charge in [0.05, 0.1) is 22.9 Å². The highest BCUT2D eigenvalue weighted by molar-refractivity contribution is 6.34. The first kappa shape index (κ1) is 23.6. The molecule has 176 valence electrons. The standard InChI is InChI=1S/C24H28Cl2N4O3/c1-15-6-5-7-18(25)21(15)29-14-16-13-27-20(26)12-19(16)30(22(29)31)17-8-10-28(11-9-17)23(32)33-24(2,3)4/h5-7,12-13,17H,8-11,14H2,1-4H3. The molecule has 4 rings (SSSR count). The lowest BCUT2D eigenvalue weighted by Crippen LogP contribution is -2.55. The lowest BCUT2D eigenvalue weighted by molar-refractivity contribution is 0.0206. The number of hydrogen-bond donors (Lipinski definition) is 0. The fourth-order valence-corrected chi connectivity index (χ4v) is 4.87. The fourth-order valence-electron chi connectivity index (χ4n) is 4.39. The summed E-state index contributed by atoms with van der Waals surface area (Å²) in [4.78, 5) is 35.8. The Morgan fingerprint density at radius 2 is 1.88 bits per heavy atom. The van der Waals surface area contributed by atoms with E-state index in [1.165, 1.54) is 0 Å². The summed E-state index contributed by atoms with van der Waals surface area (Å²) in [6.45, 7) is 8.85. The fraction of sp³-hybridized carbons (Fsp3) is 0.458. The van der Waals surface area contributed by atoms with Gasteiger partial charge in [0.25, 0.3) is 0 Å². The maximum absolute atomic E-state index is 13.8. The van der Waals surface area contributed by atoms with Crippen LogP contribution in [0.25, 0.3) is 0 Å². The van der Waals surface area contributed by atoms with E-state index in [9.17, 15) is 9.59 Å². The molecule has 0 bridgehead atoms. The third-order valence-electron chi connectivity index (χ3n) is 5.89. The Labute approximate surface area is 204 Å². The first-order valence-corrected chi connectivity index (χ1v) is 11.8. The van der Waals surface area contributed by atoms with Crippen LogP contribution in [0.5, 0.6) is 0 Å². The average molecular weight is 491 g/mol. The number of carbonyl (C=O) groups excluding carboxylic acids is 2. The molecule has 1 aromatic heterocycles. The molecule has 0 spiro atoms. The zero-order chi connectivity index (χ0) is 23.9. The Balaban J connectivity index is 1.63. The lowest BCUT2D eigenvalue weighted by Gasteiger charge is -2.44. The summed E-state index contributed by atoms with van der Waals surface area (Å²) in [6.07, 6.45) is 2.64. The van der Waals surface area contributed by atoms with Gasteiger partial charge in [0, 0.05) is 30.9 Å². The second kappa shape index (κ2) is 9.03. The van der Waals surface area contributed by atoms with Gasteiger partial charge in [-0.25, -0.2) is 14.6 Å². The molecule has 2 aliphatic rings. The molecule has 7 nitrogen and oxygen atoms in total.